The van der Waals surface area contributed by atoms with E-state index in [9.17, 15) is 5.11 Å². The van der Waals surface area contributed by atoms with Gasteiger partial charge in [-0.1, -0.05) is 23.8 Å². The Bertz CT molecular complexity index is 1420. The second-order valence-electron chi connectivity index (χ2n) is 7.63. The van der Waals surface area contributed by atoms with Gasteiger partial charge in [0.05, 0.1) is 17.7 Å². The van der Waals surface area contributed by atoms with E-state index < -0.39 is 0 Å². The van der Waals surface area contributed by atoms with Crippen LogP contribution in [0.1, 0.15) is 34.2 Å². The zero-order valence-electron chi connectivity index (χ0n) is 17.1. The van der Waals surface area contributed by atoms with E-state index in [1.807, 2.05) is 49.4 Å². The van der Waals surface area contributed by atoms with Gasteiger partial charge in [-0.2, -0.15) is 0 Å². The maximum absolute atomic E-state index is 9.93. The van der Waals surface area contributed by atoms with Crippen molar-refractivity contribution in [3.63, 3.8) is 0 Å². The van der Waals surface area contributed by atoms with E-state index in [1.165, 1.54) is 5.56 Å². The van der Waals surface area contributed by atoms with Gasteiger partial charge in [0.25, 0.3) is 0 Å². The maximum Gasteiger partial charge on any atom is 0.228 e. The van der Waals surface area contributed by atoms with Crippen molar-refractivity contribution in [2.45, 2.75) is 19.4 Å². The summed E-state index contributed by atoms with van der Waals surface area (Å²) in [6.45, 7) is 2.25. The van der Waals surface area contributed by atoms with Crippen LogP contribution in [-0.4, -0.2) is 24.7 Å². The van der Waals surface area contributed by atoms with Crippen molar-refractivity contribution in [3.05, 3.63) is 95.5 Å². The molecule has 0 amide bonds. The van der Waals surface area contributed by atoms with Gasteiger partial charge in [0.15, 0.2) is 11.5 Å². The molecule has 0 aliphatic carbocycles. The summed E-state index contributed by atoms with van der Waals surface area (Å²) in [6, 6.07) is 16.6. The number of aromatic nitrogens is 4. The Balaban J connectivity index is 1.43. The molecule has 158 valence electrons. The number of fused-ring (bicyclic) bond motifs is 4. The van der Waals surface area contributed by atoms with Gasteiger partial charge in [0.1, 0.15) is 35.9 Å². The minimum Gasteiger partial charge on any atom is -0.508 e. The number of rotatable bonds is 4. The fraction of sp³-hybridized carbons (Fsp3) is 0.125. The molecule has 5 aromatic rings. The van der Waals surface area contributed by atoms with Crippen molar-refractivity contribution >= 4 is 5.65 Å². The summed E-state index contributed by atoms with van der Waals surface area (Å²) in [6.07, 6.45) is 3.19. The van der Waals surface area contributed by atoms with E-state index in [-0.39, 0.29) is 18.3 Å². The molecule has 4 heterocycles. The molecule has 6 rings (SSSR count). The molecule has 0 fully saturated rings. The molecule has 1 atom stereocenters. The molecule has 8 nitrogen and oxygen atoms in total. The number of hydrogen-bond acceptors (Lipinski definition) is 7. The molecule has 0 radical (unpaired) electrons. The molecule has 3 aromatic heterocycles. The molecule has 0 unspecified atom stereocenters. The second kappa shape index (κ2) is 7.12. The van der Waals surface area contributed by atoms with Crippen LogP contribution < -0.4 is 9.47 Å². The standard InChI is InChI=1S/C24H18N4O4/c1-14-4-7-16(8-5-14)31-12-20-26-23-22-21(18-3-2-10-30-18)17-9-6-15(29)11-19(17)32-24(22)25-13-28(23)27-20/h2-11,13,21,29H,12H2,1H3/t21-/m1/s1. The van der Waals surface area contributed by atoms with Crippen LogP contribution in [0.2, 0.25) is 0 Å². The van der Waals surface area contributed by atoms with Crippen molar-refractivity contribution in [3.8, 4) is 23.1 Å². The summed E-state index contributed by atoms with van der Waals surface area (Å²) >= 11 is 0. The van der Waals surface area contributed by atoms with Crippen molar-refractivity contribution in [1.82, 2.24) is 19.6 Å². The zero-order valence-corrected chi connectivity index (χ0v) is 17.1. The lowest BCUT2D eigenvalue weighted by molar-refractivity contribution is 0.296. The minimum atomic E-state index is -0.310. The first-order valence-electron chi connectivity index (χ1n) is 10.1. The van der Waals surface area contributed by atoms with Crippen LogP contribution in [0.3, 0.4) is 0 Å². The van der Waals surface area contributed by atoms with Crippen LogP contribution in [0.25, 0.3) is 5.65 Å². The van der Waals surface area contributed by atoms with Gasteiger partial charge >= 0.3 is 0 Å². The van der Waals surface area contributed by atoms with E-state index in [1.54, 1.807) is 29.2 Å². The number of phenolic OH excluding ortho intramolecular Hbond substituents is 1. The number of aromatic hydroxyl groups is 1. The van der Waals surface area contributed by atoms with Gasteiger partial charge in [-0.25, -0.2) is 14.5 Å². The number of hydrogen-bond donors (Lipinski definition) is 1. The average molecular weight is 426 g/mol. The smallest absolute Gasteiger partial charge is 0.228 e. The van der Waals surface area contributed by atoms with Gasteiger partial charge in [0.2, 0.25) is 5.88 Å². The summed E-state index contributed by atoms with van der Waals surface area (Å²) < 4.78 is 19.3. The van der Waals surface area contributed by atoms with E-state index in [2.05, 4.69) is 10.1 Å². The predicted molar refractivity (Wildman–Crippen MR) is 114 cm³/mol. The van der Waals surface area contributed by atoms with Crippen LogP contribution in [0, 0.1) is 6.92 Å². The SMILES string of the molecule is Cc1ccc(OCc2nc3c4c(ncn3n2)Oc2cc(O)ccc2[C@@H]4c2ccco2)cc1. The first kappa shape index (κ1) is 18.4. The highest BCUT2D eigenvalue weighted by Gasteiger charge is 2.35. The number of benzene rings is 2. The Morgan fingerprint density at radius 1 is 1.12 bits per heavy atom. The number of ether oxygens (including phenoxy) is 2. The van der Waals surface area contributed by atoms with Gasteiger partial charge in [0, 0.05) is 11.6 Å². The maximum atomic E-state index is 9.93. The molecule has 1 N–H and O–H groups in total. The second-order valence-corrected chi connectivity index (χ2v) is 7.63. The molecule has 32 heavy (non-hydrogen) atoms. The minimum absolute atomic E-state index is 0.115. The number of furan rings is 1. The lowest BCUT2D eigenvalue weighted by atomic mass is 9.87. The molecule has 0 bridgehead atoms. The first-order valence-corrected chi connectivity index (χ1v) is 10.1. The first-order chi connectivity index (χ1) is 15.7. The summed E-state index contributed by atoms with van der Waals surface area (Å²) in [5.74, 6) is 2.72. The summed E-state index contributed by atoms with van der Waals surface area (Å²) in [7, 11) is 0. The molecule has 0 spiro atoms. The predicted octanol–water partition coefficient (Wildman–Crippen LogP) is 4.60. The quantitative estimate of drug-likeness (QED) is 0.440. The third-order valence-corrected chi connectivity index (χ3v) is 5.45. The molecule has 2 aromatic carbocycles. The van der Waals surface area contributed by atoms with Crippen molar-refractivity contribution in [2.24, 2.45) is 0 Å². The highest BCUT2D eigenvalue weighted by atomic mass is 16.5. The van der Waals surface area contributed by atoms with Crippen molar-refractivity contribution in [1.29, 1.82) is 0 Å². The van der Waals surface area contributed by atoms with Gasteiger partial charge in [-0.05, 0) is 37.3 Å². The number of phenols is 1. The Morgan fingerprint density at radius 3 is 2.81 bits per heavy atom. The van der Waals surface area contributed by atoms with Crippen LogP contribution in [0.4, 0.5) is 0 Å². The normalized spacial score (nSPS) is 14.6. The molecule has 0 saturated heterocycles. The van der Waals surface area contributed by atoms with Crippen LogP contribution in [0.5, 0.6) is 23.1 Å². The zero-order chi connectivity index (χ0) is 21.7. The Kier molecular flexibility index (Phi) is 4.10. The summed E-state index contributed by atoms with van der Waals surface area (Å²) in [4.78, 5) is 9.18. The highest BCUT2D eigenvalue weighted by Crippen LogP contribution is 2.48. The molecule has 8 heteroatoms. The molecule has 1 aliphatic rings. The summed E-state index contributed by atoms with van der Waals surface area (Å²) in [5, 5.41) is 14.5. The van der Waals surface area contributed by atoms with Crippen LogP contribution >= 0.6 is 0 Å². The average Bonchev–Trinajstić information content (AvgIpc) is 3.47. The molecule has 1 aliphatic heterocycles. The van der Waals surface area contributed by atoms with E-state index in [0.29, 0.717) is 23.1 Å². The Morgan fingerprint density at radius 2 is 2.00 bits per heavy atom. The third-order valence-electron chi connectivity index (χ3n) is 5.45. The lowest BCUT2D eigenvalue weighted by Gasteiger charge is -2.26. The van der Waals surface area contributed by atoms with E-state index in [4.69, 9.17) is 18.9 Å². The Hall–Kier alpha value is -4.33. The highest BCUT2D eigenvalue weighted by molar-refractivity contribution is 5.65. The molecule has 0 saturated carbocycles. The van der Waals surface area contributed by atoms with Crippen LogP contribution in [-0.2, 0) is 6.61 Å². The fourth-order valence-electron chi connectivity index (χ4n) is 3.94. The van der Waals surface area contributed by atoms with E-state index >= 15 is 0 Å². The number of aryl methyl sites for hydroxylation is 1. The van der Waals surface area contributed by atoms with Gasteiger partial charge in [-0.3, -0.25) is 0 Å². The largest absolute Gasteiger partial charge is 0.508 e. The van der Waals surface area contributed by atoms with Crippen LogP contribution in [0.15, 0.2) is 71.6 Å². The van der Waals surface area contributed by atoms with Crippen molar-refractivity contribution < 1.29 is 19.0 Å². The summed E-state index contributed by atoms with van der Waals surface area (Å²) in [5.41, 5.74) is 3.37. The molecular weight excluding hydrogens is 408 g/mol. The monoisotopic (exact) mass is 426 g/mol. The number of nitrogens with zero attached hydrogens (tertiary/aromatic N) is 4. The van der Waals surface area contributed by atoms with Gasteiger partial charge < -0.3 is 19.0 Å². The van der Waals surface area contributed by atoms with E-state index in [0.717, 1.165) is 22.6 Å². The topological polar surface area (TPSA) is 94.9 Å². The van der Waals surface area contributed by atoms with Gasteiger partial charge in [-0.15, -0.1) is 5.10 Å². The van der Waals surface area contributed by atoms with Crippen molar-refractivity contribution in [2.75, 3.05) is 0 Å². The Labute approximate surface area is 182 Å². The fourth-order valence-corrected chi connectivity index (χ4v) is 3.94. The third kappa shape index (κ3) is 3.04. The lowest BCUT2D eigenvalue weighted by Crippen LogP contribution is -2.14. The molecular formula is C24H18N4O4.